The van der Waals surface area contributed by atoms with E-state index in [4.69, 9.17) is 22.1 Å². The van der Waals surface area contributed by atoms with Gasteiger partial charge in [0.15, 0.2) is 6.61 Å². The van der Waals surface area contributed by atoms with Crippen LogP contribution in [0, 0.1) is 0 Å². The van der Waals surface area contributed by atoms with Crippen molar-refractivity contribution in [2.45, 2.75) is 0 Å². The predicted octanol–water partition coefficient (Wildman–Crippen LogP) is 3.70. The number of nitrogens with one attached hydrogen (secondary N) is 1. The summed E-state index contributed by atoms with van der Waals surface area (Å²) in [6.07, 6.45) is 0. The number of halogens is 2. The lowest BCUT2D eigenvalue weighted by Crippen LogP contribution is -2.20. The summed E-state index contributed by atoms with van der Waals surface area (Å²) < 4.78 is 6.16. The molecule has 0 aliphatic rings. The van der Waals surface area contributed by atoms with E-state index >= 15 is 0 Å². The second-order valence-corrected chi connectivity index (χ2v) is 5.26. The Labute approximate surface area is 130 Å². The zero-order chi connectivity index (χ0) is 14.5. The number of carbonyl (C=O) groups is 1. The second kappa shape index (κ2) is 6.63. The quantitative estimate of drug-likeness (QED) is 0.822. The van der Waals surface area contributed by atoms with Crippen LogP contribution in [0.3, 0.4) is 0 Å². The molecule has 2 aromatic rings. The molecule has 6 heteroatoms. The molecule has 2 rings (SSSR count). The molecule has 3 N–H and O–H groups in total. The van der Waals surface area contributed by atoms with Gasteiger partial charge in [0.05, 0.1) is 16.4 Å². The standard InChI is InChI=1S/C14H12BrClN2O2/c15-10-3-1-2-4-13(10)18-14(19)8-20-9-5-6-12(17)11(16)7-9/h1-7H,8,17H2,(H,18,19). The van der Waals surface area contributed by atoms with Crippen molar-refractivity contribution in [3.8, 4) is 5.75 Å². The number of hydrogen-bond acceptors (Lipinski definition) is 3. The molecule has 0 aliphatic heterocycles. The predicted molar refractivity (Wildman–Crippen MR) is 84.1 cm³/mol. The molecule has 0 saturated carbocycles. The Morgan fingerprint density at radius 1 is 1.30 bits per heavy atom. The molecule has 0 aliphatic carbocycles. The Kier molecular flexibility index (Phi) is 4.87. The Hall–Kier alpha value is -1.72. The first-order chi connectivity index (χ1) is 9.56. The molecule has 0 atom stereocenters. The summed E-state index contributed by atoms with van der Waals surface area (Å²) in [5.74, 6) is 0.233. The van der Waals surface area contributed by atoms with Crippen LogP contribution in [0.4, 0.5) is 11.4 Å². The maximum atomic E-state index is 11.8. The largest absolute Gasteiger partial charge is 0.484 e. The number of rotatable bonds is 4. The van der Waals surface area contributed by atoms with Gasteiger partial charge in [-0.1, -0.05) is 23.7 Å². The summed E-state index contributed by atoms with van der Waals surface area (Å²) in [7, 11) is 0. The van der Waals surface area contributed by atoms with Crippen LogP contribution in [0.1, 0.15) is 0 Å². The molecule has 104 valence electrons. The van der Waals surface area contributed by atoms with E-state index < -0.39 is 0 Å². The normalized spacial score (nSPS) is 10.1. The molecule has 0 fully saturated rings. The number of hydrogen-bond donors (Lipinski definition) is 2. The topological polar surface area (TPSA) is 64.3 Å². The van der Waals surface area contributed by atoms with Gasteiger partial charge in [0, 0.05) is 10.5 Å². The fourth-order valence-electron chi connectivity index (χ4n) is 1.50. The number of ether oxygens (including phenoxy) is 1. The third-order valence-electron chi connectivity index (χ3n) is 2.49. The minimum Gasteiger partial charge on any atom is -0.484 e. The number of amides is 1. The van der Waals surface area contributed by atoms with Crippen LogP contribution in [-0.2, 0) is 4.79 Å². The minimum absolute atomic E-state index is 0.110. The lowest BCUT2D eigenvalue weighted by Gasteiger charge is -2.09. The van der Waals surface area contributed by atoms with Gasteiger partial charge in [-0.2, -0.15) is 0 Å². The minimum atomic E-state index is -0.259. The molecule has 0 radical (unpaired) electrons. The summed E-state index contributed by atoms with van der Waals surface area (Å²) in [4.78, 5) is 11.8. The van der Waals surface area contributed by atoms with Crippen molar-refractivity contribution in [2.75, 3.05) is 17.7 Å². The fourth-order valence-corrected chi connectivity index (χ4v) is 2.05. The average Bonchev–Trinajstić information content (AvgIpc) is 2.43. The van der Waals surface area contributed by atoms with Crippen LogP contribution < -0.4 is 15.8 Å². The molecule has 20 heavy (non-hydrogen) atoms. The van der Waals surface area contributed by atoms with Gasteiger partial charge >= 0.3 is 0 Å². The second-order valence-electron chi connectivity index (χ2n) is 4.00. The van der Waals surface area contributed by atoms with Gasteiger partial charge < -0.3 is 15.8 Å². The van der Waals surface area contributed by atoms with E-state index in [2.05, 4.69) is 21.2 Å². The smallest absolute Gasteiger partial charge is 0.262 e. The Morgan fingerprint density at radius 3 is 2.75 bits per heavy atom. The van der Waals surface area contributed by atoms with Crippen LogP contribution in [0.25, 0.3) is 0 Å². The van der Waals surface area contributed by atoms with Crippen molar-refractivity contribution >= 4 is 44.8 Å². The van der Waals surface area contributed by atoms with E-state index in [1.165, 1.54) is 0 Å². The van der Waals surface area contributed by atoms with Crippen molar-refractivity contribution in [1.82, 2.24) is 0 Å². The highest BCUT2D eigenvalue weighted by molar-refractivity contribution is 9.10. The van der Waals surface area contributed by atoms with Gasteiger partial charge in [0.1, 0.15) is 5.75 Å². The molecule has 0 saturated heterocycles. The summed E-state index contributed by atoms with van der Waals surface area (Å²) in [6, 6.07) is 12.2. The number of nitrogen functional groups attached to an aromatic ring is 1. The average molecular weight is 356 g/mol. The van der Waals surface area contributed by atoms with Crippen molar-refractivity contribution in [3.05, 3.63) is 52.0 Å². The zero-order valence-electron chi connectivity index (χ0n) is 10.4. The summed E-state index contributed by atoms with van der Waals surface area (Å²) >= 11 is 9.22. The highest BCUT2D eigenvalue weighted by atomic mass is 79.9. The number of benzene rings is 2. The van der Waals surface area contributed by atoms with Gasteiger partial charge in [-0.05, 0) is 40.2 Å². The fraction of sp³-hybridized carbons (Fsp3) is 0.0714. The van der Waals surface area contributed by atoms with Crippen molar-refractivity contribution < 1.29 is 9.53 Å². The maximum Gasteiger partial charge on any atom is 0.262 e. The van der Waals surface area contributed by atoms with E-state index in [9.17, 15) is 4.79 Å². The van der Waals surface area contributed by atoms with Crippen molar-refractivity contribution in [2.24, 2.45) is 0 Å². The first-order valence-corrected chi connectivity index (χ1v) is 6.95. The highest BCUT2D eigenvalue weighted by Gasteiger charge is 2.06. The van der Waals surface area contributed by atoms with E-state index in [-0.39, 0.29) is 12.5 Å². The van der Waals surface area contributed by atoms with E-state index in [0.29, 0.717) is 22.1 Å². The Bertz CT molecular complexity index is 634. The number of anilines is 2. The van der Waals surface area contributed by atoms with Crippen molar-refractivity contribution in [3.63, 3.8) is 0 Å². The van der Waals surface area contributed by atoms with Gasteiger partial charge in [-0.25, -0.2) is 0 Å². The molecule has 2 aromatic carbocycles. The summed E-state index contributed by atoms with van der Waals surface area (Å²) in [5.41, 5.74) is 6.75. The molecular formula is C14H12BrClN2O2. The van der Waals surface area contributed by atoms with Crippen LogP contribution in [0.5, 0.6) is 5.75 Å². The van der Waals surface area contributed by atoms with Gasteiger partial charge in [0.25, 0.3) is 5.91 Å². The molecule has 0 heterocycles. The van der Waals surface area contributed by atoms with E-state index in [1.54, 1.807) is 24.3 Å². The third-order valence-corrected chi connectivity index (χ3v) is 3.51. The lowest BCUT2D eigenvalue weighted by molar-refractivity contribution is -0.118. The SMILES string of the molecule is Nc1ccc(OCC(=O)Nc2ccccc2Br)cc1Cl. The van der Waals surface area contributed by atoms with Crippen LogP contribution >= 0.6 is 27.5 Å². The monoisotopic (exact) mass is 354 g/mol. The Balaban J connectivity index is 1.92. The third kappa shape index (κ3) is 3.88. The van der Waals surface area contributed by atoms with Crippen LogP contribution in [0.2, 0.25) is 5.02 Å². The first-order valence-electron chi connectivity index (χ1n) is 5.78. The molecule has 0 spiro atoms. The molecule has 0 aromatic heterocycles. The first kappa shape index (κ1) is 14.7. The molecular weight excluding hydrogens is 344 g/mol. The number of nitrogens with two attached hydrogens (primary N) is 1. The molecule has 0 unspecified atom stereocenters. The highest BCUT2D eigenvalue weighted by Crippen LogP contribution is 2.24. The van der Waals surface area contributed by atoms with Gasteiger partial charge in [0.2, 0.25) is 0 Å². The lowest BCUT2D eigenvalue weighted by atomic mass is 10.3. The van der Waals surface area contributed by atoms with Gasteiger partial charge in [-0.3, -0.25) is 4.79 Å². The number of para-hydroxylation sites is 1. The van der Waals surface area contributed by atoms with Crippen molar-refractivity contribution in [1.29, 1.82) is 0 Å². The summed E-state index contributed by atoms with van der Waals surface area (Å²) in [5, 5.41) is 3.13. The maximum absolute atomic E-state index is 11.8. The van der Waals surface area contributed by atoms with Crippen LogP contribution in [0.15, 0.2) is 46.9 Å². The van der Waals surface area contributed by atoms with E-state index in [1.807, 2.05) is 18.2 Å². The van der Waals surface area contributed by atoms with Gasteiger partial charge in [-0.15, -0.1) is 0 Å². The van der Waals surface area contributed by atoms with E-state index in [0.717, 1.165) is 4.47 Å². The van der Waals surface area contributed by atoms with Crippen LogP contribution in [-0.4, -0.2) is 12.5 Å². The zero-order valence-corrected chi connectivity index (χ0v) is 12.7. The molecule has 0 bridgehead atoms. The Morgan fingerprint density at radius 2 is 2.05 bits per heavy atom. The summed E-state index contributed by atoms with van der Waals surface area (Å²) in [6.45, 7) is -0.110. The molecule has 4 nitrogen and oxygen atoms in total. The number of carbonyl (C=O) groups excluding carboxylic acids is 1. The molecule has 1 amide bonds.